The third kappa shape index (κ3) is 6.88. The Morgan fingerprint density at radius 1 is 1.28 bits per heavy atom. The van der Waals surface area contributed by atoms with E-state index in [9.17, 15) is 0 Å². The monoisotopic (exact) mass is 571 g/mol. The average molecular weight is 572 g/mol. The van der Waals surface area contributed by atoms with Crippen LogP contribution in [0.15, 0.2) is 34.6 Å². The van der Waals surface area contributed by atoms with E-state index in [0.29, 0.717) is 12.0 Å². The Morgan fingerprint density at radius 2 is 2.00 bits per heavy atom. The largest absolute Gasteiger partial charge is 0.375 e. The van der Waals surface area contributed by atoms with Crippen LogP contribution in [0.1, 0.15) is 48.7 Å². The molecule has 0 spiro atoms. The second kappa shape index (κ2) is 12.9. The summed E-state index contributed by atoms with van der Waals surface area (Å²) in [4.78, 5) is 14.0. The Hall–Kier alpha value is -1.23. The highest BCUT2D eigenvalue weighted by Crippen LogP contribution is 2.23. The van der Waals surface area contributed by atoms with Gasteiger partial charge in [-0.1, -0.05) is 38.1 Å². The third-order valence-electron chi connectivity index (χ3n) is 6.11. The van der Waals surface area contributed by atoms with E-state index >= 15 is 0 Å². The first kappa shape index (κ1) is 27.0. The number of halogens is 1. The summed E-state index contributed by atoms with van der Waals surface area (Å²) >= 11 is 1.65. The summed E-state index contributed by atoms with van der Waals surface area (Å²) in [5, 5.41) is 6.74. The van der Waals surface area contributed by atoms with E-state index in [-0.39, 0.29) is 30.1 Å². The quantitative estimate of drug-likeness (QED) is 0.286. The number of aromatic nitrogens is 1. The molecule has 0 amide bonds. The molecule has 0 radical (unpaired) electrons. The average Bonchev–Trinajstić information content (AvgIpc) is 3.24. The number of rotatable bonds is 8. The molecule has 2 heterocycles. The SMILES string of the molecule is CN=C(NCC(C(C)C)N1CCc2ccccc2C1)N(C)Cc1csc(C(C)OC)n1.I. The molecule has 2 atom stereocenters. The molecule has 1 aliphatic rings. The van der Waals surface area contributed by atoms with E-state index in [1.165, 1.54) is 11.1 Å². The number of thiazole rings is 1. The summed E-state index contributed by atoms with van der Waals surface area (Å²) in [7, 11) is 5.63. The Balaban J connectivity index is 0.00000363. The molecule has 178 valence electrons. The van der Waals surface area contributed by atoms with Crippen LogP contribution in [0.3, 0.4) is 0 Å². The molecule has 0 saturated carbocycles. The minimum Gasteiger partial charge on any atom is -0.375 e. The van der Waals surface area contributed by atoms with Crippen molar-refractivity contribution in [3.8, 4) is 0 Å². The van der Waals surface area contributed by atoms with E-state index in [1.807, 2.05) is 14.0 Å². The van der Waals surface area contributed by atoms with E-state index in [2.05, 4.69) is 70.6 Å². The van der Waals surface area contributed by atoms with Crippen molar-refractivity contribution in [2.45, 2.75) is 52.4 Å². The molecule has 1 aromatic carbocycles. The van der Waals surface area contributed by atoms with Gasteiger partial charge in [0.05, 0.1) is 12.2 Å². The number of benzene rings is 1. The summed E-state index contributed by atoms with van der Waals surface area (Å²) in [5.74, 6) is 1.45. The van der Waals surface area contributed by atoms with Gasteiger partial charge in [-0.2, -0.15) is 0 Å². The molecule has 1 aromatic heterocycles. The van der Waals surface area contributed by atoms with Crippen LogP contribution >= 0.6 is 35.3 Å². The molecule has 2 aromatic rings. The number of ether oxygens (including phenoxy) is 1. The molecule has 1 N–H and O–H groups in total. The lowest BCUT2D eigenvalue weighted by Crippen LogP contribution is -2.50. The van der Waals surface area contributed by atoms with Gasteiger partial charge in [-0.15, -0.1) is 35.3 Å². The molecular formula is C24H38IN5OS. The maximum absolute atomic E-state index is 5.38. The van der Waals surface area contributed by atoms with Gasteiger partial charge in [0.25, 0.3) is 0 Å². The Bertz CT molecular complexity index is 872. The van der Waals surface area contributed by atoms with Gasteiger partial charge in [0.1, 0.15) is 11.1 Å². The topological polar surface area (TPSA) is 53.0 Å². The van der Waals surface area contributed by atoms with Gasteiger partial charge in [-0.05, 0) is 30.4 Å². The standard InChI is InChI=1S/C24H37N5OS.HI/c1-17(2)22(29-12-11-19-9-7-8-10-20(19)14-29)13-26-24(25-4)28(5)15-21-16-31-23(27-21)18(3)30-6;/h7-10,16-18,22H,11-15H2,1-6H3,(H,25,26);1H. The lowest BCUT2D eigenvalue weighted by Gasteiger charge is -2.38. The van der Waals surface area contributed by atoms with Crippen LogP contribution in [0, 0.1) is 5.92 Å². The zero-order chi connectivity index (χ0) is 22.4. The van der Waals surface area contributed by atoms with Crippen LogP contribution in [0.2, 0.25) is 0 Å². The van der Waals surface area contributed by atoms with E-state index in [1.54, 1.807) is 18.4 Å². The van der Waals surface area contributed by atoms with Crippen molar-refractivity contribution in [2.24, 2.45) is 10.9 Å². The third-order valence-corrected chi connectivity index (χ3v) is 7.17. The summed E-state index contributed by atoms with van der Waals surface area (Å²) < 4.78 is 5.38. The highest BCUT2D eigenvalue weighted by Gasteiger charge is 2.26. The predicted molar refractivity (Wildman–Crippen MR) is 145 cm³/mol. The number of nitrogens with zero attached hydrogens (tertiary/aromatic N) is 4. The van der Waals surface area contributed by atoms with Crippen molar-refractivity contribution in [1.82, 2.24) is 20.1 Å². The lowest BCUT2D eigenvalue weighted by atomic mass is 9.95. The molecule has 0 bridgehead atoms. The number of fused-ring (bicyclic) bond motifs is 1. The van der Waals surface area contributed by atoms with Gasteiger partial charge < -0.3 is 15.0 Å². The first-order chi connectivity index (χ1) is 14.9. The molecule has 2 unspecified atom stereocenters. The van der Waals surface area contributed by atoms with Crippen molar-refractivity contribution in [2.75, 3.05) is 34.3 Å². The second-order valence-corrected chi connectivity index (χ2v) is 9.53. The molecule has 32 heavy (non-hydrogen) atoms. The molecule has 1 aliphatic heterocycles. The van der Waals surface area contributed by atoms with Crippen molar-refractivity contribution in [3.63, 3.8) is 0 Å². The zero-order valence-electron chi connectivity index (χ0n) is 20.2. The number of methoxy groups -OCH3 is 1. The van der Waals surface area contributed by atoms with E-state index in [4.69, 9.17) is 9.72 Å². The highest BCUT2D eigenvalue weighted by atomic mass is 127. The van der Waals surface area contributed by atoms with Crippen LogP contribution in [0.25, 0.3) is 0 Å². The minimum atomic E-state index is 0. The van der Waals surface area contributed by atoms with Gasteiger partial charge in [-0.25, -0.2) is 4.98 Å². The van der Waals surface area contributed by atoms with Crippen LogP contribution in [0.4, 0.5) is 0 Å². The van der Waals surface area contributed by atoms with Crippen molar-refractivity contribution >= 4 is 41.3 Å². The fraction of sp³-hybridized carbons (Fsp3) is 0.583. The fourth-order valence-electron chi connectivity index (χ4n) is 4.17. The second-order valence-electron chi connectivity index (χ2n) is 8.64. The molecule has 0 aliphatic carbocycles. The van der Waals surface area contributed by atoms with Crippen LogP contribution in [-0.2, 0) is 24.2 Å². The van der Waals surface area contributed by atoms with Crippen LogP contribution < -0.4 is 5.32 Å². The minimum absolute atomic E-state index is 0. The van der Waals surface area contributed by atoms with Gasteiger partial charge in [0, 0.05) is 52.3 Å². The smallest absolute Gasteiger partial charge is 0.193 e. The fourth-order valence-corrected chi connectivity index (χ4v) is 5.01. The van der Waals surface area contributed by atoms with E-state index in [0.717, 1.165) is 49.3 Å². The Morgan fingerprint density at radius 3 is 2.66 bits per heavy atom. The number of aliphatic imine (C=N–C) groups is 1. The van der Waals surface area contributed by atoms with Crippen molar-refractivity contribution < 1.29 is 4.74 Å². The number of guanidine groups is 1. The summed E-state index contributed by atoms with van der Waals surface area (Å²) in [6.07, 6.45) is 1.16. The first-order valence-corrected chi connectivity index (χ1v) is 12.0. The van der Waals surface area contributed by atoms with Crippen LogP contribution in [0.5, 0.6) is 0 Å². The van der Waals surface area contributed by atoms with Gasteiger partial charge >= 0.3 is 0 Å². The first-order valence-electron chi connectivity index (χ1n) is 11.1. The molecule has 0 fully saturated rings. The van der Waals surface area contributed by atoms with Gasteiger partial charge in [-0.3, -0.25) is 9.89 Å². The normalized spacial score (nSPS) is 16.3. The van der Waals surface area contributed by atoms with E-state index < -0.39 is 0 Å². The zero-order valence-corrected chi connectivity index (χ0v) is 23.3. The van der Waals surface area contributed by atoms with Gasteiger partial charge in [0.15, 0.2) is 5.96 Å². The Kier molecular flexibility index (Phi) is 10.9. The summed E-state index contributed by atoms with van der Waals surface area (Å²) in [6, 6.07) is 9.29. The Labute approximate surface area is 214 Å². The maximum Gasteiger partial charge on any atom is 0.193 e. The molecule has 6 nitrogen and oxygen atoms in total. The predicted octanol–water partition coefficient (Wildman–Crippen LogP) is 4.56. The van der Waals surface area contributed by atoms with Crippen molar-refractivity contribution in [1.29, 1.82) is 0 Å². The molecular weight excluding hydrogens is 533 g/mol. The molecule has 3 rings (SSSR count). The molecule has 0 saturated heterocycles. The number of hydrogen-bond donors (Lipinski definition) is 1. The highest BCUT2D eigenvalue weighted by molar-refractivity contribution is 14.0. The summed E-state index contributed by atoms with van der Waals surface area (Å²) in [5.41, 5.74) is 4.00. The molecule has 8 heteroatoms. The lowest BCUT2D eigenvalue weighted by molar-refractivity contribution is 0.119. The van der Waals surface area contributed by atoms with Gasteiger partial charge in [0.2, 0.25) is 0 Å². The maximum atomic E-state index is 5.38. The van der Waals surface area contributed by atoms with Crippen molar-refractivity contribution in [3.05, 3.63) is 51.5 Å². The van der Waals surface area contributed by atoms with Crippen LogP contribution in [-0.4, -0.2) is 61.1 Å². The summed E-state index contributed by atoms with van der Waals surface area (Å²) in [6.45, 7) is 10.4. The number of nitrogens with one attached hydrogen (secondary N) is 1. The number of hydrogen-bond acceptors (Lipinski definition) is 5.